The van der Waals surface area contributed by atoms with Crippen LogP contribution in [0.25, 0.3) is 0 Å². The van der Waals surface area contributed by atoms with Crippen LogP contribution >= 0.6 is 11.6 Å². The minimum Gasteiger partial charge on any atom is -0.478 e. The lowest BCUT2D eigenvalue weighted by Crippen LogP contribution is -2.55. The van der Waals surface area contributed by atoms with Gasteiger partial charge in [0.05, 0.1) is 6.04 Å². The number of hydrogen-bond acceptors (Lipinski definition) is 5. The molecule has 1 aliphatic heterocycles. The van der Waals surface area contributed by atoms with Crippen molar-refractivity contribution < 1.29 is 23.8 Å². The largest absolute Gasteiger partial charge is 0.478 e. The fourth-order valence-electron chi connectivity index (χ4n) is 3.53. The van der Waals surface area contributed by atoms with Gasteiger partial charge in [-0.15, -0.1) is 0 Å². The molecule has 0 spiro atoms. The van der Waals surface area contributed by atoms with Gasteiger partial charge >= 0.3 is 5.97 Å². The molecule has 1 fully saturated rings. The third-order valence-electron chi connectivity index (χ3n) is 5.21. The number of carbonyl (C=O) groups excluding carboxylic acids is 1. The zero-order valence-corrected chi connectivity index (χ0v) is 17.4. The fraction of sp³-hybridized carbons (Fsp3) is 0.318. The highest BCUT2D eigenvalue weighted by molar-refractivity contribution is 6.31. The van der Waals surface area contributed by atoms with Crippen LogP contribution in [0, 0.1) is 5.82 Å². The van der Waals surface area contributed by atoms with Crippen LogP contribution in [0.4, 0.5) is 4.39 Å². The second kappa shape index (κ2) is 9.30. The first-order chi connectivity index (χ1) is 14.3. The number of rotatable bonds is 6. The molecular formula is C22H22ClFN2O4. The minimum atomic E-state index is -1.13. The van der Waals surface area contributed by atoms with Crippen LogP contribution in [0.3, 0.4) is 0 Å². The quantitative estimate of drug-likeness (QED) is 0.700. The summed E-state index contributed by atoms with van der Waals surface area (Å²) >= 11 is 5.88. The number of piperazine rings is 1. The molecular weight excluding hydrogens is 411 g/mol. The molecule has 0 saturated carbocycles. The summed E-state index contributed by atoms with van der Waals surface area (Å²) in [4.78, 5) is 27.1. The number of aromatic carboxylic acids is 1. The molecule has 2 aromatic carbocycles. The van der Waals surface area contributed by atoms with Gasteiger partial charge in [0.1, 0.15) is 35.5 Å². The highest BCUT2D eigenvalue weighted by Gasteiger charge is 2.34. The van der Waals surface area contributed by atoms with Gasteiger partial charge in [-0.05, 0) is 49.7 Å². The predicted octanol–water partition coefficient (Wildman–Crippen LogP) is 3.82. The number of halogens is 2. The zero-order valence-electron chi connectivity index (χ0n) is 16.6. The van der Waals surface area contributed by atoms with Crippen LogP contribution in [-0.2, 0) is 11.3 Å². The third-order valence-corrected chi connectivity index (χ3v) is 5.45. The lowest BCUT2D eigenvalue weighted by molar-refractivity contribution is 0.0278. The van der Waals surface area contributed by atoms with Gasteiger partial charge in [0.25, 0.3) is 0 Å². The Morgan fingerprint density at radius 1 is 1.27 bits per heavy atom. The van der Waals surface area contributed by atoms with Gasteiger partial charge < -0.3 is 14.7 Å². The smallest absolute Gasteiger partial charge is 0.339 e. The maximum Gasteiger partial charge on any atom is 0.339 e. The van der Waals surface area contributed by atoms with Crippen molar-refractivity contribution in [3.8, 4) is 5.75 Å². The number of nitrogens with zero attached hydrogens (tertiary/aromatic N) is 2. The molecule has 0 radical (unpaired) electrons. The molecule has 0 unspecified atom stereocenters. The van der Waals surface area contributed by atoms with Gasteiger partial charge in [-0.2, -0.15) is 0 Å². The second-order valence-electron chi connectivity index (χ2n) is 7.26. The number of carbonyl (C=O) groups is 1. The van der Waals surface area contributed by atoms with Gasteiger partial charge in [0.15, 0.2) is 0 Å². The van der Waals surface area contributed by atoms with Gasteiger partial charge in [-0.25, -0.2) is 14.0 Å². The molecule has 0 aromatic heterocycles. The van der Waals surface area contributed by atoms with Crippen molar-refractivity contribution in [3.63, 3.8) is 0 Å². The van der Waals surface area contributed by atoms with E-state index in [0.717, 1.165) is 5.56 Å². The molecule has 0 bridgehead atoms. The molecule has 30 heavy (non-hydrogen) atoms. The van der Waals surface area contributed by atoms with Gasteiger partial charge in [-0.3, -0.25) is 4.90 Å². The summed E-state index contributed by atoms with van der Waals surface area (Å²) in [6.45, 7) is 5.00. The van der Waals surface area contributed by atoms with Crippen molar-refractivity contribution in [2.75, 3.05) is 13.3 Å². The molecule has 158 valence electrons. The molecule has 6 nitrogen and oxygen atoms in total. The SMILES string of the molecule is C[C@@H]1CN(COc2ccc(Cl)cc2C(=O)O)[C@@H](C)C(=C=O)N1Cc1ccc(F)cc1. The number of carboxylic acid groups (broad SMARTS) is 1. The number of carboxylic acids is 1. The topological polar surface area (TPSA) is 70.1 Å². The van der Waals surface area contributed by atoms with E-state index in [0.29, 0.717) is 23.8 Å². The highest BCUT2D eigenvalue weighted by Crippen LogP contribution is 2.27. The predicted molar refractivity (Wildman–Crippen MR) is 111 cm³/mol. The van der Waals surface area contributed by atoms with E-state index < -0.39 is 5.97 Å². The Morgan fingerprint density at radius 2 is 1.97 bits per heavy atom. The molecule has 1 heterocycles. The Hall–Kier alpha value is -2.86. The van der Waals surface area contributed by atoms with Crippen molar-refractivity contribution in [1.82, 2.24) is 9.80 Å². The molecule has 8 heteroatoms. The molecule has 1 saturated heterocycles. The monoisotopic (exact) mass is 432 g/mol. The lowest BCUT2D eigenvalue weighted by atomic mass is 10.0. The van der Waals surface area contributed by atoms with E-state index in [1.165, 1.54) is 24.3 Å². The van der Waals surface area contributed by atoms with Gasteiger partial charge in [0.2, 0.25) is 0 Å². The lowest BCUT2D eigenvalue weighted by Gasteiger charge is -2.45. The summed E-state index contributed by atoms with van der Waals surface area (Å²) < 4.78 is 18.9. The maximum absolute atomic E-state index is 13.2. The highest BCUT2D eigenvalue weighted by atomic mass is 35.5. The number of benzene rings is 2. The first-order valence-electron chi connectivity index (χ1n) is 9.46. The van der Waals surface area contributed by atoms with Crippen molar-refractivity contribution in [2.24, 2.45) is 0 Å². The maximum atomic E-state index is 13.2. The van der Waals surface area contributed by atoms with E-state index in [1.54, 1.807) is 18.2 Å². The average molecular weight is 433 g/mol. The average Bonchev–Trinajstić information content (AvgIpc) is 2.71. The molecule has 3 rings (SSSR count). The van der Waals surface area contributed by atoms with Gasteiger partial charge in [0, 0.05) is 24.2 Å². The van der Waals surface area contributed by atoms with Crippen molar-refractivity contribution in [2.45, 2.75) is 32.5 Å². The summed E-state index contributed by atoms with van der Waals surface area (Å²) in [5.41, 5.74) is 1.33. The van der Waals surface area contributed by atoms with Crippen LogP contribution < -0.4 is 4.74 Å². The second-order valence-corrected chi connectivity index (χ2v) is 7.69. The Kier molecular flexibility index (Phi) is 6.77. The van der Waals surface area contributed by atoms with E-state index in [1.807, 2.05) is 29.6 Å². The van der Waals surface area contributed by atoms with E-state index >= 15 is 0 Å². The molecule has 2 atom stereocenters. The van der Waals surface area contributed by atoms with Crippen molar-refractivity contribution >= 4 is 23.5 Å². The van der Waals surface area contributed by atoms with Crippen molar-refractivity contribution in [1.29, 1.82) is 0 Å². The van der Waals surface area contributed by atoms with E-state index in [9.17, 15) is 19.1 Å². The third kappa shape index (κ3) is 4.82. The van der Waals surface area contributed by atoms with Crippen LogP contribution in [-0.4, -0.2) is 52.2 Å². The Morgan fingerprint density at radius 3 is 2.60 bits per heavy atom. The number of hydrogen-bond donors (Lipinski definition) is 1. The zero-order chi connectivity index (χ0) is 21.8. The first-order valence-corrected chi connectivity index (χ1v) is 9.83. The summed E-state index contributed by atoms with van der Waals surface area (Å²) in [5.74, 6) is 0.805. The molecule has 1 N–H and O–H groups in total. The van der Waals surface area contributed by atoms with Gasteiger partial charge in [-0.1, -0.05) is 23.7 Å². The summed E-state index contributed by atoms with van der Waals surface area (Å²) in [7, 11) is 0. The fourth-order valence-corrected chi connectivity index (χ4v) is 3.70. The summed E-state index contributed by atoms with van der Waals surface area (Å²) in [6, 6.07) is 10.3. The van der Waals surface area contributed by atoms with E-state index in [4.69, 9.17) is 16.3 Å². The van der Waals surface area contributed by atoms with Crippen LogP contribution in [0.5, 0.6) is 5.75 Å². The number of ether oxygens (including phenoxy) is 1. The Labute approximate surface area is 179 Å². The first kappa shape index (κ1) is 21.8. The summed E-state index contributed by atoms with van der Waals surface area (Å²) in [5, 5.41) is 9.66. The standard InChI is InChI=1S/C22H22ClFN2O4/c1-14-10-25(13-30-21-8-5-17(23)9-19(21)22(28)29)15(2)20(12-27)26(14)11-16-3-6-18(24)7-4-16/h3-9,14-15H,10-11,13H2,1-2H3,(H,28,29)/t14-,15+/m1/s1. The molecule has 2 aromatic rings. The molecule has 0 aliphatic carbocycles. The van der Waals surface area contributed by atoms with Crippen molar-refractivity contribution in [3.05, 3.63) is 70.1 Å². The Balaban J connectivity index is 1.73. The minimum absolute atomic E-state index is 0.0238. The normalized spacial score (nSPS) is 19.5. The summed E-state index contributed by atoms with van der Waals surface area (Å²) in [6.07, 6.45) is 0. The van der Waals surface area contributed by atoms with Crippen LogP contribution in [0.15, 0.2) is 48.2 Å². The van der Waals surface area contributed by atoms with E-state index in [-0.39, 0.29) is 35.9 Å². The molecule has 0 amide bonds. The Bertz CT molecular complexity index is 976. The van der Waals surface area contributed by atoms with Crippen LogP contribution in [0.1, 0.15) is 29.8 Å². The van der Waals surface area contributed by atoms with Crippen LogP contribution in [0.2, 0.25) is 5.02 Å². The molecule has 1 aliphatic rings. The van der Waals surface area contributed by atoms with E-state index in [2.05, 4.69) is 0 Å².